The summed E-state index contributed by atoms with van der Waals surface area (Å²) in [5, 5.41) is 44.0. The van der Waals surface area contributed by atoms with Crippen LogP contribution in [-0.2, 0) is 0 Å². The number of benzene rings is 8. The van der Waals surface area contributed by atoms with E-state index in [-0.39, 0.29) is 22.3 Å². The molecular formula is C44H26O8. The fraction of sp³-hybridized carbons (Fsp3) is 0. The molecule has 0 aliphatic rings. The Bertz CT molecular complexity index is 2370. The van der Waals surface area contributed by atoms with E-state index in [1.165, 1.54) is 0 Å². The van der Waals surface area contributed by atoms with Crippen LogP contribution >= 0.6 is 0 Å². The quantitative estimate of drug-likeness (QED) is 0.116. The molecule has 8 heteroatoms. The Morgan fingerprint density at radius 1 is 0.288 bits per heavy atom. The normalized spacial score (nSPS) is 11.3. The standard InChI is InChI=1S/C44H26O8/c45-41(46)27-15-7-23(8-16-27)35-31-3-1-4-32-36(24-9-17-28(18-10-24)42(47)48)38(26-13-21-30(22-14-26)44(51)52)34-6-2-5-33(40(34)39(31)32)37(35)25-11-19-29(20-12-25)43(49)50/h1-22H,(H,45,46)(H,47,48)(H,49,50)(H,51,52). The van der Waals surface area contributed by atoms with Gasteiger partial charge in [0.2, 0.25) is 0 Å². The third kappa shape index (κ3) is 5.09. The lowest BCUT2D eigenvalue weighted by Crippen LogP contribution is -2.00. The van der Waals surface area contributed by atoms with Gasteiger partial charge in [0.15, 0.2) is 0 Å². The van der Waals surface area contributed by atoms with E-state index < -0.39 is 23.9 Å². The summed E-state index contributed by atoms with van der Waals surface area (Å²) in [4.78, 5) is 47.3. The molecular weight excluding hydrogens is 656 g/mol. The summed E-state index contributed by atoms with van der Waals surface area (Å²) < 4.78 is 0. The molecule has 8 nitrogen and oxygen atoms in total. The lowest BCUT2D eigenvalue weighted by Gasteiger charge is -2.25. The zero-order valence-corrected chi connectivity index (χ0v) is 27.1. The van der Waals surface area contributed by atoms with Crippen molar-refractivity contribution >= 4 is 56.2 Å². The predicted molar refractivity (Wildman–Crippen MR) is 200 cm³/mol. The molecule has 52 heavy (non-hydrogen) atoms. The fourth-order valence-electron chi connectivity index (χ4n) is 7.33. The molecule has 0 aromatic heterocycles. The Morgan fingerprint density at radius 2 is 0.481 bits per heavy atom. The average Bonchev–Trinajstić information content (AvgIpc) is 3.16. The molecule has 0 saturated heterocycles. The van der Waals surface area contributed by atoms with Gasteiger partial charge in [0.25, 0.3) is 0 Å². The minimum absolute atomic E-state index is 0.138. The van der Waals surface area contributed by atoms with E-state index in [9.17, 15) is 39.6 Å². The van der Waals surface area contributed by atoms with Crippen LogP contribution in [0.3, 0.4) is 0 Å². The molecule has 0 amide bonds. The lowest BCUT2D eigenvalue weighted by molar-refractivity contribution is 0.0686. The average molecular weight is 683 g/mol. The smallest absolute Gasteiger partial charge is 0.335 e. The van der Waals surface area contributed by atoms with Crippen molar-refractivity contribution in [2.45, 2.75) is 0 Å². The molecule has 0 aliphatic carbocycles. The van der Waals surface area contributed by atoms with Gasteiger partial charge in [0.05, 0.1) is 22.3 Å². The van der Waals surface area contributed by atoms with E-state index in [2.05, 4.69) is 0 Å². The van der Waals surface area contributed by atoms with Crippen LogP contribution < -0.4 is 0 Å². The van der Waals surface area contributed by atoms with Gasteiger partial charge in [0.1, 0.15) is 0 Å². The summed E-state index contributed by atoms with van der Waals surface area (Å²) in [7, 11) is 0. The molecule has 0 bridgehead atoms. The van der Waals surface area contributed by atoms with Gasteiger partial charge in [-0.15, -0.1) is 0 Å². The molecule has 250 valence electrons. The molecule has 8 rings (SSSR count). The van der Waals surface area contributed by atoms with Gasteiger partial charge in [-0.3, -0.25) is 0 Å². The molecule has 8 aromatic carbocycles. The van der Waals surface area contributed by atoms with Gasteiger partial charge in [-0.25, -0.2) is 19.2 Å². The largest absolute Gasteiger partial charge is 0.478 e. The maximum Gasteiger partial charge on any atom is 0.335 e. The molecule has 0 saturated carbocycles. The summed E-state index contributed by atoms with van der Waals surface area (Å²) in [6.07, 6.45) is 0. The van der Waals surface area contributed by atoms with Crippen molar-refractivity contribution in [3.05, 3.63) is 156 Å². The summed E-state index contributed by atoms with van der Waals surface area (Å²) >= 11 is 0. The Balaban J connectivity index is 1.57. The van der Waals surface area contributed by atoms with Crippen LogP contribution in [0.25, 0.3) is 76.8 Å². The van der Waals surface area contributed by atoms with Gasteiger partial charge >= 0.3 is 23.9 Å². The molecule has 0 radical (unpaired) electrons. The highest BCUT2D eigenvalue weighted by atomic mass is 16.4. The Hall–Kier alpha value is -7.32. The topological polar surface area (TPSA) is 149 Å². The highest BCUT2D eigenvalue weighted by Gasteiger charge is 2.26. The first-order valence-electron chi connectivity index (χ1n) is 16.2. The maximum absolute atomic E-state index is 11.8. The zero-order valence-electron chi connectivity index (χ0n) is 27.1. The van der Waals surface area contributed by atoms with E-state index in [1.807, 2.05) is 36.4 Å². The molecule has 0 atom stereocenters. The monoisotopic (exact) mass is 682 g/mol. The molecule has 0 aliphatic heterocycles. The first-order chi connectivity index (χ1) is 25.1. The first-order valence-corrected chi connectivity index (χ1v) is 16.2. The number of aromatic carboxylic acids is 4. The van der Waals surface area contributed by atoms with Crippen molar-refractivity contribution in [2.75, 3.05) is 0 Å². The minimum atomic E-state index is -1.05. The first kappa shape index (κ1) is 31.9. The third-order valence-corrected chi connectivity index (χ3v) is 9.64. The molecule has 4 N–H and O–H groups in total. The van der Waals surface area contributed by atoms with Crippen molar-refractivity contribution in [1.82, 2.24) is 0 Å². The second-order valence-electron chi connectivity index (χ2n) is 12.5. The van der Waals surface area contributed by atoms with E-state index in [1.54, 1.807) is 97.1 Å². The third-order valence-electron chi connectivity index (χ3n) is 9.64. The van der Waals surface area contributed by atoms with Crippen molar-refractivity contribution in [3.8, 4) is 44.5 Å². The van der Waals surface area contributed by atoms with Crippen LogP contribution in [0.1, 0.15) is 41.4 Å². The second-order valence-corrected chi connectivity index (χ2v) is 12.5. The highest BCUT2D eigenvalue weighted by Crippen LogP contribution is 2.53. The molecule has 8 aromatic rings. The zero-order chi connectivity index (χ0) is 36.3. The SMILES string of the molecule is O=C(O)c1ccc(-c2c(-c3ccc(C(=O)O)cc3)c3cccc4c(-c5ccc(C(=O)O)cc5)c(-c5ccc(C(=O)O)cc5)c5cccc2c5c34)cc1. The molecule has 0 unspecified atom stereocenters. The molecule has 0 fully saturated rings. The number of carbonyl (C=O) groups is 4. The second kappa shape index (κ2) is 12.2. The van der Waals surface area contributed by atoms with Gasteiger partial charge in [-0.2, -0.15) is 0 Å². The van der Waals surface area contributed by atoms with Crippen LogP contribution in [-0.4, -0.2) is 44.3 Å². The Kier molecular flexibility index (Phi) is 7.50. The Labute approximate surface area is 295 Å². The van der Waals surface area contributed by atoms with Crippen molar-refractivity contribution < 1.29 is 39.6 Å². The van der Waals surface area contributed by atoms with Crippen molar-refractivity contribution in [2.24, 2.45) is 0 Å². The maximum atomic E-state index is 11.8. The Morgan fingerprint density at radius 3 is 0.654 bits per heavy atom. The fourth-order valence-corrected chi connectivity index (χ4v) is 7.33. The predicted octanol–water partition coefficient (Wildman–Crippen LogP) is 10.0. The molecule has 0 heterocycles. The lowest BCUT2D eigenvalue weighted by atomic mass is 9.78. The van der Waals surface area contributed by atoms with Crippen LogP contribution in [0, 0.1) is 0 Å². The summed E-state index contributed by atoms with van der Waals surface area (Å²) in [6, 6.07) is 38.7. The number of rotatable bonds is 8. The number of hydrogen-bond acceptors (Lipinski definition) is 4. The van der Waals surface area contributed by atoms with Crippen molar-refractivity contribution in [3.63, 3.8) is 0 Å². The summed E-state index contributed by atoms with van der Waals surface area (Å²) in [5.41, 5.74) is 6.92. The van der Waals surface area contributed by atoms with E-state index in [4.69, 9.17) is 0 Å². The highest BCUT2D eigenvalue weighted by molar-refractivity contribution is 6.36. The van der Waals surface area contributed by atoms with Crippen LogP contribution in [0.4, 0.5) is 0 Å². The number of hydrogen-bond donors (Lipinski definition) is 4. The van der Waals surface area contributed by atoms with Gasteiger partial charge in [-0.1, -0.05) is 84.9 Å². The van der Waals surface area contributed by atoms with E-state index >= 15 is 0 Å². The van der Waals surface area contributed by atoms with E-state index in [0.717, 1.165) is 76.8 Å². The minimum Gasteiger partial charge on any atom is -0.478 e. The van der Waals surface area contributed by atoms with Crippen LogP contribution in [0.15, 0.2) is 133 Å². The summed E-state index contributed by atoms with van der Waals surface area (Å²) in [6.45, 7) is 0. The van der Waals surface area contributed by atoms with Gasteiger partial charge in [0, 0.05) is 0 Å². The van der Waals surface area contributed by atoms with Crippen molar-refractivity contribution in [1.29, 1.82) is 0 Å². The van der Waals surface area contributed by atoms with E-state index in [0.29, 0.717) is 0 Å². The van der Waals surface area contributed by atoms with Crippen LogP contribution in [0.5, 0.6) is 0 Å². The summed E-state index contributed by atoms with van der Waals surface area (Å²) in [5.74, 6) is -4.19. The van der Waals surface area contributed by atoms with Crippen LogP contribution in [0.2, 0.25) is 0 Å². The molecule has 0 spiro atoms. The number of carboxylic acid groups (broad SMARTS) is 4. The number of carboxylic acids is 4. The van der Waals surface area contributed by atoms with Gasteiger partial charge in [-0.05, 0) is 125 Å². The van der Waals surface area contributed by atoms with Gasteiger partial charge < -0.3 is 20.4 Å².